The van der Waals surface area contributed by atoms with Crippen molar-refractivity contribution < 1.29 is 8.78 Å². The summed E-state index contributed by atoms with van der Waals surface area (Å²) in [6, 6.07) is 22.8. The van der Waals surface area contributed by atoms with E-state index in [9.17, 15) is 8.78 Å². The molecule has 0 amide bonds. The summed E-state index contributed by atoms with van der Waals surface area (Å²) in [5, 5.41) is 8.17. The van der Waals surface area contributed by atoms with Gasteiger partial charge in [0.15, 0.2) is 0 Å². The molecule has 1 atom stereocenters. The summed E-state index contributed by atoms with van der Waals surface area (Å²) in [4.78, 5) is 14.9. The molecular weight excluding hydrogens is 506 g/mol. The smallest absolute Gasteiger partial charge is 0.223 e. The van der Waals surface area contributed by atoms with Crippen molar-refractivity contribution in [1.29, 1.82) is 0 Å². The van der Waals surface area contributed by atoms with Gasteiger partial charge in [-0.1, -0.05) is 36.4 Å². The van der Waals surface area contributed by atoms with Crippen LogP contribution < -0.4 is 10.6 Å². The lowest BCUT2D eigenvalue weighted by Crippen LogP contribution is -2.51. The van der Waals surface area contributed by atoms with Crippen LogP contribution >= 0.6 is 0 Å². The molecule has 40 heavy (non-hydrogen) atoms. The Morgan fingerprint density at radius 3 is 2.73 bits per heavy atom. The molecule has 0 saturated carbocycles. The number of nitrogens with zero attached hydrogens (tertiary/aromatic N) is 3. The molecule has 5 aromatic rings. The Balaban J connectivity index is 1.07. The predicted molar refractivity (Wildman–Crippen MR) is 155 cm³/mol. The fourth-order valence-corrected chi connectivity index (χ4v) is 5.51. The van der Waals surface area contributed by atoms with Gasteiger partial charge >= 0.3 is 0 Å². The van der Waals surface area contributed by atoms with E-state index in [4.69, 9.17) is 0 Å². The third-order valence-electron chi connectivity index (χ3n) is 7.38. The van der Waals surface area contributed by atoms with Crippen LogP contribution in [-0.4, -0.2) is 52.1 Å². The molecule has 1 saturated heterocycles. The molecule has 3 aromatic carbocycles. The van der Waals surface area contributed by atoms with Gasteiger partial charge in [0.05, 0.1) is 5.69 Å². The van der Waals surface area contributed by atoms with E-state index in [2.05, 4.69) is 85.2 Å². The Morgan fingerprint density at radius 2 is 1.82 bits per heavy atom. The molecule has 0 unspecified atom stereocenters. The van der Waals surface area contributed by atoms with Crippen molar-refractivity contribution >= 4 is 16.9 Å². The molecule has 8 heteroatoms. The van der Waals surface area contributed by atoms with E-state index in [0.29, 0.717) is 30.5 Å². The van der Waals surface area contributed by atoms with Crippen LogP contribution in [0.1, 0.15) is 16.7 Å². The van der Waals surface area contributed by atoms with Gasteiger partial charge in [0.25, 0.3) is 0 Å². The summed E-state index contributed by atoms with van der Waals surface area (Å²) in [5.41, 5.74) is 6.23. The van der Waals surface area contributed by atoms with Crippen molar-refractivity contribution in [2.24, 2.45) is 0 Å². The van der Waals surface area contributed by atoms with Crippen LogP contribution in [-0.2, 0) is 19.4 Å². The number of anilines is 1. The zero-order chi connectivity index (χ0) is 27.3. The van der Waals surface area contributed by atoms with Crippen LogP contribution in [0.25, 0.3) is 22.2 Å². The third kappa shape index (κ3) is 6.35. The fourth-order valence-electron chi connectivity index (χ4n) is 5.51. The number of nitrogens with one attached hydrogen (secondary N) is 3. The number of H-pyrrole nitrogens is 1. The molecule has 204 valence electrons. The summed E-state index contributed by atoms with van der Waals surface area (Å²) in [7, 11) is 0. The quantitative estimate of drug-likeness (QED) is 0.229. The van der Waals surface area contributed by atoms with Gasteiger partial charge in [-0.15, -0.1) is 0 Å². The SMILES string of the molecule is Fc1cc(F)cc(CCNc2nccc(-c3cccc(CN4CCN[C@@H](Cc5c[nH]c6ccccc56)C4)c3)n2)c1. The maximum absolute atomic E-state index is 13.5. The molecule has 6 rings (SSSR count). The molecule has 0 spiro atoms. The first-order valence-corrected chi connectivity index (χ1v) is 13.7. The molecule has 1 aliphatic heterocycles. The lowest BCUT2D eigenvalue weighted by Gasteiger charge is -2.34. The first kappa shape index (κ1) is 26.1. The summed E-state index contributed by atoms with van der Waals surface area (Å²) in [5.74, 6) is -0.653. The maximum atomic E-state index is 13.5. The van der Waals surface area contributed by atoms with Crippen LogP contribution in [0.4, 0.5) is 14.7 Å². The van der Waals surface area contributed by atoms with Gasteiger partial charge in [0, 0.05) is 73.7 Å². The summed E-state index contributed by atoms with van der Waals surface area (Å²) >= 11 is 0. The lowest BCUT2D eigenvalue weighted by atomic mass is 10.0. The minimum atomic E-state index is -0.571. The minimum absolute atomic E-state index is 0.399. The Hall–Kier alpha value is -4.14. The number of aromatic nitrogens is 3. The monoisotopic (exact) mass is 538 g/mol. The summed E-state index contributed by atoms with van der Waals surface area (Å²) in [6.07, 6.45) is 5.32. The van der Waals surface area contributed by atoms with E-state index in [1.54, 1.807) is 6.20 Å². The molecule has 0 aliphatic carbocycles. The number of piperazine rings is 1. The van der Waals surface area contributed by atoms with Gasteiger partial charge in [-0.25, -0.2) is 18.7 Å². The average molecular weight is 539 g/mol. The van der Waals surface area contributed by atoms with Gasteiger partial charge in [-0.2, -0.15) is 0 Å². The summed E-state index contributed by atoms with van der Waals surface area (Å²) in [6.45, 7) is 4.30. The van der Waals surface area contributed by atoms with Crippen molar-refractivity contribution in [3.05, 3.63) is 114 Å². The molecule has 3 heterocycles. The van der Waals surface area contributed by atoms with E-state index >= 15 is 0 Å². The van der Waals surface area contributed by atoms with Crippen LogP contribution in [0.5, 0.6) is 0 Å². The Labute approximate surface area is 232 Å². The number of halogens is 2. The minimum Gasteiger partial charge on any atom is -0.361 e. The van der Waals surface area contributed by atoms with E-state index in [1.165, 1.54) is 34.2 Å². The number of hydrogen-bond acceptors (Lipinski definition) is 5. The molecule has 6 nitrogen and oxygen atoms in total. The molecule has 1 aliphatic rings. The van der Waals surface area contributed by atoms with Gasteiger partial charge in [0.2, 0.25) is 5.95 Å². The Kier molecular flexibility index (Phi) is 7.79. The molecule has 0 radical (unpaired) electrons. The van der Waals surface area contributed by atoms with Crippen LogP contribution in [0.2, 0.25) is 0 Å². The highest BCUT2D eigenvalue weighted by Crippen LogP contribution is 2.22. The number of fused-ring (bicyclic) bond motifs is 1. The van der Waals surface area contributed by atoms with Crippen LogP contribution in [0.3, 0.4) is 0 Å². The zero-order valence-corrected chi connectivity index (χ0v) is 22.2. The van der Waals surface area contributed by atoms with Gasteiger partial charge < -0.3 is 15.6 Å². The molecule has 0 bridgehead atoms. The highest BCUT2D eigenvalue weighted by Gasteiger charge is 2.21. The average Bonchev–Trinajstić information content (AvgIpc) is 3.36. The molecule has 1 fully saturated rings. The second-order valence-electron chi connectivity index (χ2n) is 10.4. The van der Waals surface area contributed by atoms with Crippen molar-refractivity contribution in [3.8, 4) is 11.3 Å². The van der Waals surface area contributed by atoms with Crippen molar-refractivity contribution in [2.45, 2.75) is 25.4 Å². The van der Waals surface area contributed by atoms with Gasteiger partial charge in [0.1, 0.15) is 11.6 Å². The lowest BCUT2D eigenvalue weighted by molar-refractivity contribution is 0.192. The number of benzene rings is 3. The van der Waals surface area contributed by atoms with Crippen molar-refractivity contribution in [2.75, 3.05) is 31.5 Å². The number of hydrogen-bond donors (Lipinski definition) is 3. The fraction of sp³-hybridized carbons (Fsp3) is 0.250. The van der Waals surface area contributed by atoms with E-state index < -0.39 is 11.6 Å². The highest BCUT2D eigenvalue weighted by atomic mass is 19.1. The van der Waals surface area contributed by atoms with Crippen LogP contribution in [0.15, 0.2) is 85.2 Å². The molecular formula is C32H32F2N6. The third-order valence-corrected chi connectivity index (χ3v) is 7.38. The molecule has 2 aromatic heterocycles. The summed E-state index contributed by atoms with van der Waals surface area (Å²) < 4.78 is 26.9. The van der Waals surface area contributed by atoms with E-state index in [1.807, 2.05) is 6.07 Å². The maximum Gasteiger partial charge on any atom is 0.223 e. The zero-order valence-electron chi connectivity index (χ0n) is 22.2. The second kappa shape index (κ2) is 11.9. The largest absolute Gasteiger partial charge is 0.361 e. The standard InChI is InChI=1S/C32H32F2N6/c33-26-15-22(16-27(34)18-26)8-10-36-32-37-11-9-30(39-32)24-5-3-4-23(14-24)20-40-13-12-35-28(21-40)17-25-19-38-31-7-2-1-6-29(25)31/h1-7,9,11,14-16,18-19,28,35,38H,8,10,12-13,17,20-21H2,(H,36,37,39)/t28-/m0/s1. The number of aromatic amines is 1. The van der Waals surface area contributed by atoms with Gasteiger partial charge in [-0.05, 0) is 59.9 Å². The van der Waals surface area contributed by atoms with E-state index in [-0.39, 0.29) is 0 Å². The van der Waals surface area contributed by atoms with E-state index in [0.717, 1.165) is 49.9 Å². The van der Waals surface area contributed by atoms with Crippen molar-refractivity contribution in [1.82, 2.24) is 25.2 Å². The first-order valence-electron chi connectivity index (χ1n) is 13.7. The topological polar surface area (TPSA) is 68.9 Å². The van der Waals surface area contributed by atoms with Crippen molar-refractivity contribution in [3.63, 3.8) is 0 Å². The predicted octanol–water partition coefficient (Wildman–Crippen LogP) is 5.57. The first-order chi connectivity index (χ1) is 19.6. The second-order valence-corrected chi connectivity index (χ2v) is 10.4. The highest BCUT2D eigenvalue weighted by molar-refractivity contribution is 5.83. The number of para-hydroxylation sites is 1. The Bertz CT molecular complexity index is 1580. The Morgan fingerprint density at radius 1 is 0.950 bits per heavy atom. The molecule has 3 N–H and O–H groups in total. The van der Waals surface area contributed by atoms with Crippen LogP contribution in [0, 0.1) is 11.6 Å². The van der Waals surface area contributed by atoms with Gasteiger partial charge in [-0.3, -0.25) is 4.90 Å². The normalized spacial score (nSPS) is 15.9. The number of rotatable bonds is 9.